The Balaban J connectivity index is 1.79. The van der Waals surface area contributed by atoms with Crippen LogP contribution in [0.3, 0.4) is 0 Å². The molecule has 0 aliphatic rings. The number of nitrogens with zero attached hydrogens (tertiary/aromatic N) is 3. The fourth-order valence-electron chi connectivity index (χ4n) is 5.46. The Morgan fingerprint density at radius 2 is 1.79 bits per heavy atom. The number of aliphatic carboxylic acids is 1. The average Bonchev–Trinajstić information content (AvgIpc) is 3.39. The summed E-state index contributed by atoms with van der Waals surface area (Å²) in [5, 5.41) is 13.4. The first-order chi connectivity index (χ1) is 18.7. The number of carbonyl (C=O) groups is 2. The Labute approximate surface area is 225 Å². The van der Waals surface area contributed by atoms with Crippen molar-refractivity contribution in [3.8, 4) is 0 Å². The molecule has 0 fully saturated rings. The van der Waals surface area contributed by atoms with Crippen LogP contribution < -0.4 is 11.0 Å². The number of rotatable bonds is 8. The fraction of sp³-hybridized carbons (Fsp3) is 0.194. The summed E-state index contributed by atoms with van der Waals surface area (Å²) in [6.45, 7) is 6.29. The smallest absolute Gasteiger partial charge is 0.330 e. The maximum absolute atomic E-state index is 14.2. The van der Waals surface area contributed by atoms with E-state index in [0.29, 0.717) is 22.2 Å². The molecule has 0 aliphatic carbocycles. The van der Waals surface area contributed by atoms with Gasteiger partial charge in [0.15, 0.2) is 0 Å². The molecule has 5 aromatic rings. The van der Waals surface area contributed by atoms with E-state index >= 15 is 0 Å². The van der Waals surface area contributed by atoms with Crippen LogP contribution in [0.4, 0.5) is 0 Å². The van der Waals surface area contributed by atoms with Crippen molar-refractivity contribution in [1.82, 2.24) is 19.0 Å². The summed E-state index contributed by atoms with van der Waals surface area (Å²) < 4.78 is 5.20. The number of fused-ring (bicyclic) bond motifs is 2. The van der Waals surface area contributed by atoms with Crippen molar-refractivity contribution in [3.63, 3.8) is 0 Å². The quantitative estimate of drug-likeness (QED) is 0.308. The molecule has 0 saturated carbocycles. The second-order valence-electron chi connectivity index (χ2n) is 9.76. The van der Waals surface area contributed by atoms with Crippen molar-refractivity contribution in [2.75, 3.05) is 7.05 Å². The maximum atomic E-state index is 14.2. The zero-order chi connectivity index (χ0) is 27.8. The number of imidazole rings is 1. The first-order valence-electron chi connectivity index (χ1n) is 12.7. The van der Waals surface area contributed by atoms with E-state index in [1.807, 2.05) is 61.1 Å². The Hall–Kier alpha value is -4.85. The van der Waals surface area contributed by atoms with E-state index in [-0.39, 0.29) is 24.6 Å². The lowest BCUT2D eigenvalue weighted by Gasteiger charge is -2.17. The van der Waals surface area contributed by atoms with Gasteiger partial charge in [0.05, 0.1) is 30.0 Å². The van der Waals surface area contributed by atoms with Gasteiger partial charge < -0.3 is 15.0 Å². The topological polar surface area (TPSA) is 98.3 Å². The molecule has 0 aliphatic heterocycles. The summed E-state index contributed by atoms with van der Waals surface area (Å²) >= 11 is 0. The number of aryl methyl sites for hydroxylation is 2. The lowest BCUT2D eigenvalue weighted by molar-refractivity contribution is -0.137. The Kier molecular flexibility index (Phi) is 6.70. The molecule has 0 unspecified atom stereocenters. The molecule has 198 valence electrons. The minimum atomic E-state index is -1.03. The third kappa shape index (κ3) is 4.54. The SMILES string of the molecule is C=Cc1cc(C)cc2c1c(Cn1c(=O)n([C@H](CC(=O)O)c3ccccc3)c3cc(C(=O)NC)ccc31)cn2C. The number of amides is 1. The van der Waals surface area contributed by atoms with Crippen LogP contribution in [0.25, 0.3) is 28.0 Å². The zero-order valence-electron chi connectivity index (χ0n) is 22.1. The summed E-state index contributed by atoms with van der Waals surface area (Å²) in [4.78, 5) is 38.7. The van der Waals surface area contributed by atoms with Gasteiger partial charge in [-0.2, -0.15) is 0 Å². The standard InChI is InChI=1S/C31H30N4O4/c1-5-20-13-19(2)14-27-29(20)23(17-33(27)4)18-34-24-12-11-22(30(38)32-3)15-26(24)35(31(34)39)25(16-28(36)37)21-9-7-6-8-10-21/h5-15,17,25H,1,16,18H2,2-4H3,(H,32,38)(H,36,37)/t25-/m1/s1. The third-order valence-electron chi connectivity index (χ3n) is 7.21. The Morgan fingerprint density at radius 1 is 1.05 bits per heavy atom. The highest BCUT2D eigenvalue weighted by molar-refractivity contribution is 5.97. The first-order valence-corrected chi connectivity index (χ1v) is 12.7. The molecule has 5 rings (SSSR count). The van der Waals surface area contributed by atoms with E-state index in [1.54, 1.807) is 29.8 Å². The van der Waals surface area contributed by atoms with Gasteiger partial charge >= 0.3 is 11.7 Å². The second-order valence-corrected chi connectivity index (χ2v) is 9.76. The first kappa shape index (κ1) is 25.8. The number of carbonyl (C=O) groups excluding carboxylic acids is 1. The van der Waals surface area contributed by atoms with Crippen LogP contribution >= 0.6 is 0 Å². The summed E-state index contributed by atoms with van der Waals surface area (Å²) in [5.74, 6) is -1.32. The fourth-order valence-corrected chi connectivity index (χ4v) is 5.46. The van der Waals surface area contributed by atoms with Crippen LogP contribution in [0, 0.1) is 6.92 Å². The zero-order valence-corrected chi connectivity index (χ0v) is 22.1. The predicted molar refractivity (Wildman–Crippen MR) is 153 cm³/mol. The summed E-state index contributed by atoms with van der Waals surface area (Å²) in [6.07, 6.45) is 3.54. The molecule has 2 N–H and O–H groups in total. The minimum Gasteiger partial charge on any atom is -0.481 e. The highest BCUT2D eigenvalue weighted by Gasteiger charge is 2.26. The van der Waals surface area contributed by atoms with E-state index in [4.69, 9.17) is 0 Å². The summed E-state index contributed by atoms with van der Waals surface area (Å²) in [5.41, 5.74) is 5.90. The van der Waals surface area contributed by atoms with Gasteiger partial charge in [0, 0.05) is 36.8 Å². The number of nitrogens with one attached hydrogen (secondary N) is 1. The minimum absolute atomic E-state index is 0.261. The summed E-state index contributed by atoms with van der Waals surface area (Å²) in [6, 6.07) is 17.6. The normalized spacial score (nSPS) is 12.1. The Morgan fingerprint density at radius 3 is 2.46 bits per heavy atom. The third-order valence-corrected chi connectivity index (χ3v) is 7.21. The molecule has 0 radical (unpaired) electrons. The van der Waals surface area contributed by atoms with E-state index in [9.17, 15) is 19.5 Å². The molecule has 0 saturated heterocycles. The van der Waals surface area contributed by atoms with E-state index in [2.05, 4.69) is 24.0 Å². The molecular formula is C31H30N4O4. The molecular weight excluding hydrogens is 492 g/mol. The number of aromatic nitrogens is 3. The summed E-state index contributed by atoms with van der Waals surface area (Å²) in [7, 11) is 3.51. The molecule has 2 heterocycles. The van der Waals surface area contributed by atoms with Crippen LogP contribution in [0.15, 0.2) is 78.2 Å². The van der Waals surface area contributed by atoms with Crippen LogP contribution in [0.2, 0.25) is 0 Å². The van der Waals surface area contributed by atoms with Crippen LogP contribution in [0.1, 0.15) is 45.1 Å². The van der Waals surface area contributed by atoms with Crippen molar-refractivity contribution < 1.29 is 14.7 Å². The van der Waals surface area contributed by atoms with Gasteiger partial charge in [-0.1, -0.05) is 49.1 Å². The van der Waals surface area contributed by atoms with Crippen molar-refractivity contribution in [2.24, 2.45) is 7.05 Å². The highest BCUT2D eigenvalue weighted by Crippen LogP contribution is 2.30. The number of benzene rings is 3. The lowest BCUT2D eigenvalue weighted by Crippen LogP contribution is -2.29. The van der Waals surface area contributed by atoms with Crippen LogP contribution in [-0.4, -0.2) is 37.7 Å². The Bertz CT molecular complexity index is 1810. The van der Waals surface area contributed by atoms with Crippen molar-refractivity contribution >= 4 is 39.9 Å². The second kappa shape index (κ2) is 10.1. The molecule has 1 atom stereocenters. The number of carboxylic acid groups (broad SMARTS) is 1. The molecule has 2 aromatic heterocycles. The molecule has 1 amide bonds. The van der Waals surface area contributed by atoms with Crippen LogP contribution in [-0.2, 0) is 18.4 Å². The van der Waals surface area contributed by atoms with Crippen LogP contribution in [0.5, 0.6) is 0 Å². The lowest BCUT2D eigenvalue weighted by atomic mass is 10.0. The van der Waals surface area contributed by atoms with Crippen molar-refractivity contribution in [2.45, 2.75) is 25.9 Å². The van der Waals surface area contributed by atoms with E-state index in [1.165, 1.54) is 4.57 Å². The number of carboxylic acids is 1. The van der Waals surface area contributed by atoms with Gasteiger partial charge in [0.25, 0.3) is 5.91 Å². The molecule has 8 nitrogen and oxygen atoms in total. The van der Waals surface area contributed by atoms with Gasteiger partial charge in [-0.05, 0) is 53.4 Å². The molecule has 8 heteroatoms. The van der Waals surface area contributed by atoms with E-state index in [0.717, 1.165) is 27.6 Å². The molecule has 0 spiro atoms. The maximum Gasteiger partial charge on any atom is 0.330 e. The number of hydrogen-bond donors (Lipinski definition) is 2. The number of hydrogen-bond acceptors (Lipinski definition) is 3. The monoisotopic (exact) mass is 522 g/mol. The van der Waals surface area contributed by atoms with Gasteiger partial charge in [0.2, 0.25) is 0 Å². The highest BCUT2D eigenvalue weighted by atomic mass is 16.4. The van der Waals surface area contributed by atoms with Gasteiger partial charge in [-0.15, -0.1) is 0 Å². The van der Waals surface area contributed by atoms with Gasteiger partial charge in [-0.3, -0.25) is 18.7 Å². The molecule has 39 heavy (non-hydrogen) atoms. The largest absolute Gasteiger partial charge is 0.481 e. The van der Waals surface area contributed by atoms with Gasteiger partial charge in [-0.25, -0.2) is 4.79 Å². The van der Waals surface area contributed by atoms with E-state index < -0.39 is 12.0 Å². The van der Waals surface area contributed by atoms with Gasteiger partial charge in [0.1, 0.15) is 0 Å². The van der Waals surface area contributed by atoms with Crippen molar-refractivity contribution in [1.29, 1.82) is 0 Å². The predicted octanol–water partition coefficient (Wildman–Crippen LogP) is 4.72. The average molecular weight is 523 g/mol. The molecule has 0 bridgehead atoms. The van der Waals surface area contributed by atoms with Crippen molar-refractivity contribution in [3.05, 3.63) is 112 Å². The molecule has 3 aromatic carbocycles.